The van der Waals surface area contributed by atoms with E-state index in [0.29, 0.717) is 5.56 Å². The van der Waals surface area contributed by atoms with E-state index in [2.05, 4.69) is 0 Å². The van der Waals surface area contributed by atoms with Gasteiger partial charge in [0.1, 0.15) is 0 Å². The van der Waals surface area contributed by atoms with Crippen LogP contribution in [0.3, 0.4) is 0 Å². The molecule has 1 amide bonds. The maximum Gasteiger partial charge on any atom is 0.249 e. The van der Waals surface area contributed by atoms with Crippen molar-refractivity contribution in [3.8, 4) is 0 Å². The van der Waals surface area contributed by atoms with Gasteiger partial charge in [0.2, 0.25) is 5.91 Å². The highest BCUT2D eigenvalue weighted by Gasteiger charge is 2.05. The molecule has 0 saturated carbocycles. The van der Waals surface area contributed by atoms with Crippen LogP contribution in [0.1, 0.15) is 22.8 Å². The maximum atomic E-state index is 10.7. The number of aryl methyl sites for hydroxylation is 1. The van der Waals surface area contributed by atoms with E-state index in [-0.39, 0.29) is 5.91 Å². The summed E-state index contributed by atoms with van der Waals surface area (Å²) in [5, 5.41) is 3.75. The minimum absolute atomic E-state index is 0.321. The maximum absolute atomic E-state index is 10.7. The zero-order chi connectivity index (χ0) is 7.56. The van der Waals surface area contributed by atoms with Crippen molar-refractivity contribution in [3.63, 3.8) is 0 Å². The van der Waals surface area contributed by atoms with Crippen molar-refractivity contribution in [1.82, 2.24) is 0 Å². The van der Waals surface area contributed by atoms with Gasteiger partial charge in [0, 0.05) is 5.38 Å². The van der Waals surface area contributed by atoms with Crippen molar-refractivity contribution >= 4 is 17.2 Å². The number of thiophene rings is 1. The number of carbonyl (C=O) groups excluding carboxylic acids is 1. The lowest BCUT2D eigenvalue weighted by Crippen LogP contribution is -2.11. The van der Waals surface area contributed by atoms with Crippen molar-refractivity contribution < 1.29 is 4.79 Å². The fraction of sp³-hybridized carbons (Fsp3) is 0.286. The van der Waals surface area contributed by atoms with E-state index in [0.717, 1.165) is 12.0 Å². The van der Waals surface area contributed by atoms with Crippen LogP contribution in [0.25, 0.3) is 0 Å². The summed E-state index contributed by atoms with van der Waals surface area (Å²) in [7, 11) is 0. The fourth-order valence-corrected chi connectivity index (χ4v) is 1.74. The van der Waals surface area contributed by atoms with Crippen molar-refractivity contribution in [2.75, 3.05) is 0 Å². The molecule has 0 aliphatic carbocycles. The van der Waals surface area contributed by atoms with Crippen LogP contribution in [-0.4, -0.2) is 5.91 Å². The third kappa shape index (κ3) is 1.19. The molecule has 0 aliphatic heterocycles. The van der Waals surface area contributed by atoms with E-state index in [4.69, 9.17) is 5.73 Å². The lowest BCUT2D eigenvalue weighted by molar-refractivity contribution is 0.1000. The molecular formula is C7H9NOS. The second kappa shape index (κ2) is 2.84. The van der Waals surface area contributed by atoms with Crippen LogP contribution in [0.15, 0.2) is 10.8 Å². The highest BCUT2D eigenvalue weighted by Crippen LogP contribution is 2.14. The topological polar surface area (TPSA) is 43.1 Å². The Kier molecular flexibility index (Phi) is 2.06. The van der Waals surface area contributed by atoms with Gasteiger partial charge in [-0.2, -0.15) is 11.3 Å². The fourth-order valence-electron chi connectivity index (χ4n) is 0.813. The summed E-state index contributed by atoms with van der Waals surface area (Å²) in [4.78, 5) is 10.7. The summed E-state index contributed by atoms with van der Waals surface area (Å²) in [6.45, 7) is 2.01. The number of hydrogen-bond donors (Lipinski definition) is 1. The first-order valence-corrected chi connectivity index (χ1v) is 4.05. The molecule has 0 aromatic carbocycles. The van der Waals surface area contributed by atoms with Gasteiger partial charge < -0.3 is 5.73 Å². The van der Waals surface area contributed by atoms with E-state index >= 15 is 0 Å². The smallest absolute Gasteiger partial charge is 0.249 e. The lowest BCUT2D eigenvalue weighted by atomic mass is 10.1. The Bertz CT molecular complexity index is 242. The van der Waals surface area contributed by atoms with Gasteiger partial charge >= 0.3 is 0 Å². The van der Waals surface area contributed by atoms with E-state index in [9.17, 15) is 4.79 Å². The Morgan fingerprint density at radius 1 is 1.70 bits per heavy atom. The molecule has 3 heteroatoms. The zero-order valence-corrected chi connectivity index (χ0v) is 6.57. The normalized spacial score (nSPS) is 9.70. The van der Waals surface area contributed by atoms with Gasteiger partial charge in [-0.1, -0.05) is 6.92 Å². The molecule has 0 atom stereocenters. The summed E-state index contributed by atoms with van der Waals surface area (Å²) in [5.41, 5.74) is 6.83. The molecule has 1 aromatic rings. The number of carbonyl (C=O) groups is 1. The molecule has 0 spiro atoms. The molecule has 10 heavy (non-hydrogen) atoms. The molecule has 0 saturated heterocycles. The predicted molar refractivity (Wildman–Crippen MR) is 42.2 cm³/mol. The molecule has 0 bridgehead atoms. The minimum atomic E-state index is -0.321. The van der Waals surface area contributed by atoms with E-state index in [1.165, 1.54) is 11.3 Å². The Morgan fingerprint density at radius 2 is 2.40 bits per heavy atom. The van der Waals surface area contributed by atoms with Crippen LogP contribution < -0.4 is 5.73 Å². The lowest BCUT2D eigenvalue weighted by Gasteiger charge is -1.92. The Morgan fingerprint density at radius 3 is 2.80 bits per heavy atom. The van der Waals surface area contributed by atoms with Gasteiger partial charge in [-0.05, 0) is 17.4 Å². The van der Waals surface area contributed by atoms with Crippen molar-refractivity contribution in [2.24, 2.45) is 5.73 Å². The van der Waals surface area contributed by atoms with E-state index in [1.54, 1.807) is 5.38 Å². The number of amides is 1. The van der Waals surface area contributed by atoms with E-state index in [1.807, 2.05) is 12.3 Å². The zero-order valence-electron chi connectivity index (χ0n) is 5.76. The summed E-state index contributed by atoms with van der Waals surface area (Å²) in [5.74, 6) is -0.321. The van der Waals surface area contributed by atoms with Gasteiger partial charge in [0.15, 0.2) is 0 Å². The first-order valence-electron chi connectivity index (χ1n) is 3.10. The van der Waals surface area contributed by atoms with Gasteiger partial charge in [-0.3, -0.25) is 4.79 Å². The summed E-state index contributed by atoms with van der Waals surface area (Å²) in [6, 6.07) is 0. The number of primary amides is 1. The second-order valence-electron chi connectivity index (χ2n) is 2.03. The van der Waals surface area contributed by atoms with Crippen molar-refractivity contribution in [3.05, 3.63) is 21.9 Å². The Hall–Kier alpha value is -0.830. The molecule has 0 radical (unpaired) electrons. The van der Waals surface area contributed by atoms with Gasteiger partial charge in [-0.25, -0.2) is 0 Å². The first kappa shape index (κ1) is 7.28. The molecule has 2 N–H and O–H groups in total. The quantitative estimate of drug-likeness (QED) is 0.689. The van der Waals surface area contributed by atoms with Crippen LogP contribution in [-0.2, 0) is 6.42 Å². The SMILES string of the molecule is CCc1cscc1C(N)=O. The predicted octanol–water partition coefficient (Wildman–Crippen LogP) is 1.41. The summed E-state index contributed by atoms with van der Waals surface area (Å²) >= 11 is 1.52. The van der Waals surface area contributed by atoms with Crippen LogP contribution in [0.2, 0.25) is 0 Å². The molecule has 0 unspecified atom stereocenters. The van der Waals surface area contributed by atoms with Crippen molar-refractivity contribution in [1.29, 1.82) is 0 Å². The first-order chi connectivity index (χ1) is 4.75. The second-order valence-corrected chi connectivity index (χ2v) is 2.77. The van der Waals surface area contributed by atoms with Gasteiger partial charge in [-0.15, -0.1) is 0 Å². The molecule has 54 valence electrons. The molecular weight excluding hydrogens is 146 g/mol. The highest BCUT2D eigenvalue weighted by atomic mass is 32.1. The molecule has 1 rings (SSSR count). The van der Waals surface area contributed by atoms with Crippen LogP contribution in [0.5, 0.6) is 0 Å². The van der Waals surface area contributed by atoms with Crippen molar-refractivity contribution in [2.45, 2.75) is 13.3 Å². The average molecular weight is 155 g/mol. The molecule has 2 nitrogen and oxygen atoms in total. The largest absolute Gasteiger partial charge is 0.366 e. The Labute approximate surface area is 63.7 Å². The van der Waals surface area contributed by atoms with Gasteiger partial charge in [0.25, 0.3) is 0 Å². The monoisotopic (exact) mass is 155 g/mol. The summed E-state index contributed by atoms with van der Waals surface area (Å²) < 4.78 is 0. The minimum Gasteiger partial charge on any atom is -0.366 e. The number of hydrogen-bond acceptors (Lipinski definition) is 2. The van der Waals surface area contributed by atoms with Crippen LogP contribution in [0, 0.1) is 0 Å². The number of nitrogens with two attached hydrogens (primary N) is 1. The third-order valence-electron chi connectivity index (χ3n) is 1.39. The van der Waals surface area contributed by atoms with Crippen LogP contribution >= 0.6 is 11.3 Å². The molecule has 1 heterocycles. The average Bonchev–Trinajstić information content (AvgIpc) is 2.33. The molecule has 1 aromatic heterocycles. The van der Waals surface area contributed by atoms with Gasteiger partial charge in [0.05, 0.1) is 5.56 Å². The van der Waals surface area contributed by atoms with Crippen LogP contribution in [0.4, 0.5) is 0 Å². The highest BCUT2D eigenvalue weighted by molar-refractivity contribution is 7.08. The standard InChI is InChI=1S/C7H9NOS/c1-2-5-3-10-4-6(5)7(8)9/h3-4H,2H2,1H3,(H2,8,9). The summed E-state index contributed by atoms with van der Waals surface area (Å²) in [6.07, 6.45) is 0.877. The Balaban J connectivity index is 3.01. The molecule has 0 aliphatic rings. The number of rotatable bonds is 2. The molecule has 0 fully saturated rings. The third-order valence-corrected chi connectivity index (χ3v) is 2.18. The van der Waals surface area contributed by atoms with E-state index < -0.39 is 0 Å².